The van der Waals surface area contributed by atoms with Crippen molar-refractivity contribution < 1.29 is 14.3 Å². The van der Waals surface area contributed by atoms with E-state index in [0.29, 0.717) is 17.5 Å². The maximum absolute atomic E-state index is 12.4. The van der Waals surface area contributed by atoms with Crippen LogP contribution in [0.1, 0.15) is 28.7 Å². The Hall–Kier alpha value is -2.99. The van der Waals surface area contributed by atoms with Gasteiger partial charge in [-0.2, -0.15) is 0 Å². The van der Waals surface area contributed by atoms with E-state index in [-0.39, 0.29) is 24.6 Å². The fraction of sp³-hybridized carbons (Fsp3) is 0.211. The van der Waals surface area contributed by atoms with Crippen LogP contribution in [0.15, 0.2) is 53.3 Å². The predicted octanol–water partition coefficient (Wildman–Crippen LogP) is 2.82. The summed E-state index contributed by atoms with van der Waals surface area (Å²) in [5.41, 5.74) is 1.83. The van der Waals surface area contributed by atoms with Crippen LogP contribution in [0.4, 0.5) is 0 Å². The first-order valence-corrected chi connectivity index (χ1v) is 7.99. The van der Waals surface area contributed by atoms with E-state index in [0.717, 1.165) is 11.1 Å². The molecule has 3 rings (SSSR count). The zero-order chi connectivity index (χ0) is 17.6. The Labute approximate surface area is 144 Å². The van der Waals surface area contributed by atoms with E-state index >= 15 is 0 Å². The maximum atomic E-state index is 12.4. The molecule has 1 heterocycles. The lowest BCUT2D eigenvalue weighted by Crippen LogP contribution is -2.19. The van der Waals surface area contributed by atoms with Crippen molar-refractivity contribution in [2.45, 2.75) is 20.1 Å². The van der Waals surface area contributed by atoms with Crippen molar-refractivity contribution in [3.8, 4) is 0 Å². The monoisotopic (exact) mass is 338 g/mol. The van der Waals surface area contributed by atoms with E-state index in [9.17, 15) is 9.59 Å². The van der Waals surface area contributed by atoms with E-state index in [1.807, 2.05) is 36.4 Å². The lowest BCUT2D eigenvalue weighted by Gasteiger charge is -2.08. The molecule has 0 fully saturated rings. The van der Waals surface area contributed by atoms with Gasteiger partial charge in [0.15, 0.2) is 0 Å². The van der Waals surface area contributed by atoms with Gasteiger partial charge in [-0.3, -0.25) is 4.79 Å². The van der Waals surface area contributed by atoms with E-state index in [4.69, 9.17) is 9.47 Å². The first-order valence-electron chi connectivity index (χ1n) is 7.99. The number of nitrogens with one attached hydrogen (secondary N) is 1. The molecular weight excluding hydrogens is 320 g/mol. The highest BCUT2D eigenvalue weighted by molar-refractivity contribution is 5.89. The van der Waals surface area contributed by atoms with Crippen molar-refractivity contribution in [1.29, 1.82) is 0 Å². The van der Waals surface area contributed by atoms with Gasteiger partial charge in [0.25, 0.3) is 5.56 Å². The van der Waals surface area contributed by atoms with Gasteiger partial charge < -0.3 is 14.5 Å². The first-order chi connectivity index (χ1) is 12.2. The average molecular weight is 338 g/mol. The second-order valence-electron chi connectivity index (χ2n) is 5.42. The highest BCUT2D eigenvalue weighted by atomic mass is 16.5. The second-order valence-corrected chi connectivity index (χ2v) is 5.42. The molecule has 128 valence electrons. The highest BCUT2D eigenvalue weighted by Crippen LogP contribution is 2.15. The molecule has 0 atom stereocenters. The Morgan fingerprint density at radius 2 is 1.88 bits per heavy atom. The first kappa shape index (κ1) is 16.9. The Morgan fingerprint density at radius 3 is 2.64 bits per heavy atom. The number of aromatic nitrogens is 2. The van der Waals surface area contributed by atoms with Gasteiger partial charge in [-0.25, -0.2) is 9.78 Å². The molecule has 1 aromatic heterocycles. The highest BCUT2D eigenvalue weighted by Gasteiger charge is 2.14. The molecule has 0 aliphatic heterocycles. The Morgan fingerprint density at radius 1 is 1.08 bits per heavy atom. The number of carbonyl (C=O) groups is 1. The molecule has 3 aromatic rings. The van der Waals surface area contributed by atoms with Crippen LogP contribution in [-0.2, 0) is 22.7 Å². The van der Waals surface area contributed by atoms with E-state index in [2.05, 4.69) is 9.97 Å². The van der Waals surface area contributed by atoms with Gasteiger partial charge in [-0.05, 0) is 24.1 Å². The van der Waals surface area contributed by atoms with E-state index < -0.39 is 5.97 Å². The number of benzene rings is 2. The minimum Gasteiger partial charge on any atom is -0.460 e. The van der Waals surface area contributed by atoms with Crippen LogP contribution < -0.4 is 5.56 Å². The largest absolute Gasteiger partial charge is 0.460 e. The van der Waals surface area contributed by atoms with E-state index in [1.165, 1.54) is 0 Å². The molecular formula is C19H18N2O4. The molecule has 0 amide bonds. The van der Waals surface area contributed by atoms with Crippen LogP contribution >= 0.6 is 0 Å². The van der Waals surface area contributed by atoms with Crippen LogP contribution in [0.3, 0.4) is 0 Å². The molecule has 0 spiro atoms. The number of ether oxygens (including phenoxy) is 2. The minimum absolute atomic E-state index is 0.0956. The SMILES string of the molecule is CCOC(=O)c1nc2cccc(COCc3ccccc3)c2c(=O)[nH]1. The molecule has 1 N–H and O–H groups in total. The molecule has 25 heavy (non-hydrogen) atoms. The normalized spacial score (nSPS) is 10.8. The van der Waals surface area contributed by atoms with Gasteiger partial charge in [-0.1, -0.05) is 42.5 Å². The number of nitrogens with zero attached hydrogens (tertiary/aromatic N) is 1. The third-order valence-corrected chi connectivity index (χ3v) is 3.66. The van der Waals surface area contributed by atoms with Crippen molar-refractivity contribution >= 4 is 16.9 Å². The number of rotatable bonds is 6. The Bertz CT molecular complexity index is 935. The third-order valence-electron chi connectivity index (χ3n) is 3.66. The minimum atomic E-state index is -0.646. The third kappa shape index (κ3) is 3.92. The molecule has 0 saturated carbocycles. The maximum Gasteiger partial charge on any atom is 0.374 e. The Balaban J connectivity index is 1.84. The summed E-state index contributed by atoms with van der Waals surface area (Å²) in [5, 5.41) is 0.420. The number of carbonyl (C=O) groups excluding carboxylic acids is 1. The van der Waals surface area contributed by atoms with Gasteiger partial charge in [0, 0.05) is 0 Å². The topological polar surface area (TPSA) is 81.3 Å². The molecule has 2 aromatic carbocycles. The number of aromatic amines is 1. The van der Waals surface area contributed by atoms with Gasteiger partial charge >= 0.3 is 5.97 Å². The summed E-state index contributed by atoms with van der Waals surface area (Å²) in [6.45, 7) is 2.63. The van der Waals surface area contributed by atoms with Gasteiger partial charge in [0.1, 0.15) is 0 Å². The molecule has 0 saturated heterocycles. The molecule has 0 unspecified atom stereocenters. The van der Waals surface area contributed by atoms with E-state index in [1.54, 1.807) is 19.1 Å². The summed E-state index contributed by atoms with van der Waals surface area (Å²) in [6, 6.07) is 15.1. The standard InChI is InChI=1S/C19H18N2O4/c1-2-25-19(23)17-20-15-10-6-9-14(16(15)18(22)21-17)12-24-11-13-7-4-3-5-8-13/h3-10H,2,11-12H2,1H3,(H,20,21,22). The quantitative estimate of drug-likeness (QED) is 0.699. The zero-order valence-electron chi connectivity index (χ0n) is 13.8. The van der Waals surface area contributed by atoms with Crippen LogP contribution in [0, 0.1) is 0 Å². The van der Waals surface area contributed by atoms with Crippen LogP contribution in [0.2, 0.25) is 0 Å². The van der Waals surface area contributed by atoms with Crippen molar-refractivity contribution in [3.63, 3.8) is 0 Å². The summed E-state index contributed by atoms with van der Waals surface area (Å²) >= 11 is 0. The predicted molar refractivity (Wildman–Crippen MR) is 93.3 cm³/mol. The summed E-state index contributed by atoms with van der Waals surface area (Å²) in [7, 11) is 0. The lowest BCUT2D eigenvalue weighted by molar-refractivity contribution is 0.0512. The molecule has 0 aliphatic rings. The van der Waals surface area contributed by atoms with Crippen LogP contribution in [-0.4, -0.2) is 22.5 Å². The Kier molecular flexibility index (Phi) is 5.20. The number of fused-ring (bicyclic) bond motifs is 1. The summed E-state index contributed by atoms with van der Waals surface area (Å²) in [6.07, 6.45) is 0. The molecule has 6 nitrogen and oxygen atoms in total. The van der Waals surface area contributed by atoms with Crippen molar-refractivity contribution in [1.82, 2.24) is 9.97 Å². The number of H-pyrrole nitrogens is 1. The van der Waals surface area contributed by atoms with Crippen molar-refractivity contribution in [2.75, 3.05) is 6.61 Å². The molecule has 0 bridgehead atoms. The smallest absolute Gasteiger partial charge is 0.374 e. The number of hydrogen-bond acceptors (Lipinski definition) is 5. The fourth-order valence-corrected chi connectivity index (χ4v) is 2.53. The average Bonchev–Trinajstić information content (AvgIpc) is 2.62. The van der Waals surface area contributed by atoms with Crippen LogP contribution in [0.25, 0.3) is 10.9 Å². The van der Waals surface area contributed by atoms with Gasteiger partial charge in [0.2, 0.25) is 5.82 Å². The van der Waals surface area contributed by atoms with Gasteiger partial charge in [0.05, 0.1) is 30.7 Å². The summed E-state index contributed by atoms with van der Waals surface area (Å²) < 4.78 is 10.6. The van der Waals surface area contributed by atoms with Crippen LogP contribution in [0.5, 0.6) is 0 Å². The summed E-state index contributed by atoms with van der Waals surface area (Å²) in [4.78, 5) is 30.9. The van der Waals surface area contributed by atoms with Crippen molar-refractivity contribution in [2.24, 2.45) is 0 Å². The van der Waals surface area contributed by atoms with Crippen molar-refractivity contribution in [3.05, 3.63) is 75.8 Å². The second kappa shape index (κ2) is 7.72. The molecule has 0 aliphatic carbocycles. The number of esters is 1. The lowest BCUT2D eigenvalue weighted by atomic mass is 10.1. The zero-order valence-corrected chi connectivity index (χ0v) is 13.8. The molecule has 0 radical (unpaired) electrons. The van der Waals surface area contributed by atoms with Gasteiger partial charge in [-0.15, -0.1) is 0 Å². The fourth-order valence-electron chi connectivity index (χ4n) is 2.53. The summed E-state index contributed by atoms with van der Waals surface area (Å²) in [5.74, 6) is -0.742. The number of hydrogen-bond donors (Lipinski definition) is 1. The molecule has 6 heteroatoms.